The fraction of sp³-hybridized carbons (Fsp3) is 0.111. The zero-order valence-corrected chi connectivity index (χ0v) is 16.2. The Bertz CT molecular complexity index is 1240. The maximum Gasteiger partial charge on any atom is 0.275 e. The quantitative estimate of drug-likeness (QED) is 0.505. The Hall–Kier alpha value is -2.58. The molecule has 0 aliphatic carbocycles. The molecule has 4 aromatic rings. The summed E-state index contributed by atoms with van der Waals surface area (Å²) in [6.45, 7) is 2.22. The summed E-state index contributed by atoms with van der Waals surface area (Å²) in [5, 5.41) is 12.8. The summed E-state index contributed by atoms with van der Waals surface area (Å²) in [7, 11) is 0. The minimum atomic E-state index is -0.161. The Morgan fingerprint density at radius 1 is 1.23 bits per heavy atom. The highest BCUT2D eigenvalue weighted by atomic mass is 79.9. The van der Waals surface area contributed by atoms with Gasteiger partial charge in [-0.15, -0.1) is 0 Å². The van der Waals surface area contributed by atoms with Crippen LogP contribution in [-0.4, -0.2) is 24.5 Å². The molecule has 0 radical (unpaired) electrons. The summed E-state index contributed by atoms with van der Waals surface area (Å²) in [6, 6.07) is 13.4. The number of halogens is 1. The molecule has 0 atom stereocenters. The number of aromatic nitrogens is 5. The second-order valence-electron chi connectivity index (χ2n) is 5.93. The Morgan fingerprint density at radius 3 is 2.85 bits per heavy atom. The standard InChI is InChI=1S/C18H14BrN5OS/c1-11-6-7-15(14(19)8-11)24-16(21-22-18(24)26)10-23-17(25)13-5-3-2-4-12(13)9-20-23/h2-9H,10H2,1H3,(H,22,26). The molecule has 0 saturated carbocycles. The van der Waals surface area contributed by atoms with Crippen LogP contribution >= 0.6 is 28.1 Å². The van der Waals surface area contributed by atoms with Crippen molar-refractivity contribution in [2.24, 2.45) is 0 Å². The van der Waals surface area contributed by atoms with Gasteiger partial charge < -0.3 is 0 Å². The number of hydrogen-bond acceptors (Lipinski definition) is 4. The summed E-state index contributed by atoms with van der Waals surface area (Å²) < 4.78 is 4.56. The second-order valence-corrected chi connectivity index (χ2v) is 7.17. The third-order valence-electron chi connectivity index (χ3n) is 4.14. The first-order valence-electron chi connectivity index (χ1n) is 7.92. The molecule has 6 nitrogen and oxygen atoms in total. The number of benzene rings is 2. The maximum absolute atomic E-state index is 12.7. The van der Waals surface area contributed by atoms with E-state index in [2.05, 4.69) is 31.2 Å². The number of rotatable bonds is 3. The van der Waals surface area contributed by atoms with Crippen molar-refractivity contribution in [1.82, 2.24) is 24.5 Å². The Morgan fingerprint density at radius 2 is 2.04 bits per heavy atom. The van der Waals surface area contributed by atoms with Gasteiger partial charge in [0.15, 0.2) is 10.6 Å². The summed E-state index contributed by atoms with van der Waals surface area (Å²) >= 11 is 8.97. The number of H-pyrrole nitrogens is 1. The van der Waals surface area contributed by atoms with Crippen molar-refractivity contribution < 1.29 is 0 Å². The molecule has 0 fully saturated rings. The van der Waals surface area contributed by atoms with Gasteiger partial charge in [0.1, 0.15) is 6.54 Å². The van der Waals surface area contributed by atoms with E-state index in [9.17, 15) is 4.79 Å². The van der Waals surface area contributed by atoms with Crippen molar-refractivity contribution in [2.75, 3.05) is 0 Å². The van der Waals surface area contributed by atoms with Crippen LogP contribution in [0.3, 0.4) is 0 Å². The fourth-order valence-corrected chi connectivity index (χ4v) is 3.77. The van der Waals surface area contributed by atoms with Crippen LogP contribution in [-0.2, 0) is 6.54 Å². The van der Waals surface area contributed by atoms with E-state index < -0.39 is 0 Å². The lowest BCUT2D eigenvalue weighted by Gasteiger charge is -2.11. The molecule has 0 saturated heterocycles. The topological polar surface area (TPSA) is 68.5 Å². The number of hydrogen-bond donors (Lipinski definition) is 1. The molecule has 1 N–H and O–H groups in total. The monoisotopic (exact) mass is 427 g/mol. The van der Waals surface area contributed by atoms with E-state index in [1.807, 2.05) is 47.9 Å². The molecule has 130 valence electrons. The lowest BCUT2D eigenvalue weighted by Crippen LogP contribution is -2.24. The van der Waals surface area contributed by atoms with Gasteiger partial charge in [0.25, 0.3) is 5.56 Å². The number of nitrogens with one attached hydrogen (secondary N) is 1. The largest absolute Gasteiger partial charge is 0.275 e. The molecule has 2 heterocycles. The van der Waals surface area contributed by atoms with Gasteiger partial charge in [-0.1, -0.05) is 24.3 Å². The van der Waals surface area contributed by atoms with Gasteiger partial charge in [-0.05, 0) is 58.8 Å². The second kappa shape index (κ2) is 6.62. The fourth-order valence-electron chi connectivity index (χ4n) is 2.85. The predicted molar refractivity (Wildman–Crippen MR) is 106 cm³/mol. The van der Waals surface area contributed by atoms with E-state index in [4.69, 9.17) is 12.2 Å². The number of nitrogens with zero attached hydrogens (tertiary/aromatic N) is 4. The smallest absolute Gasteiger partial charge is 0.269 e. The normalized spacial score (nSPS) is 11.2. The van der Waals surface area contributed by atoms with Crippen LogP contribution in [0, 0.1) is 11.7 Å². The van der Waals surface area contributed by atoms with Crippen LogP contribution in [0.25, 0.3) is 16.5 Å². The van der Waals surface area contributed by atoms with Crippen LogP contribution in [0.1, 0.15) is 11.4 Å². The minimum Gasteiger partial charge on any atom is -0.269 e. The summed E-state index contributed by atoms with van der Waals surface area (Å²) in [6.07, 6.45) is 1.68. The molecule has 8 heteroatoms. The lowest BCUT2D eigenvalue weighted by atomic mass is 10.2. The average molecular weight is 428 g/mol. The van der Waals surface area contributed by atoms with E-state index in [0.717, 1.165) is 21.1 Å². The van der Waals surface area contributed by atoms with Crippen LogP contribution in [0.4, 0.5) is 0 Å². The third kappa shape index (κ3) is 2.91. The van der Waals surface area contributed by atoms with Gasteiger partial charge in [-0.25, -0.2) is 4.68 Å². The van der Waals surface area contributed by atoms with Gasteiger partial charge >= 0.3 is 0 Å². The molecular weight excluding hydrogens is 414 g/mol. The number of aromatic amines is 1. The first-order valence-corrected chi connectivity index (χ1v) is 9.12. The number of fused-ring (bicyclic) bond motifs is 1. The maximum atomic E-state index is 12.7. The van der Waals surface area contributed by atoms with Crippen molar-refractivity contribution in [3.8, 4) is 5.69 Å². The minimum absolute atomic E-state index is 0.161. The molecule has 26 heavy (non-hydrogen) atoms. The summed E-state index contributed by atoms with van der Waals surface area (Å²) in [5.74, 6) is 0.601. The lowest BCUT2D eigenvalue weighted by molar-refractivity contribution is 0.612. The molecule has 0 bridgehead atoms. The van der Waals surface area contributed by atoms with E-state index in [0.29, 0.717) is 16.0 Å². The van der Waals surface area contributed by atoms with Gasteiger partial charge in [-0.2, -0.15) is 10.2 Å². The molecule has 0 aliphatic rings. The van der Waals surface area contributed by atoms with Gasteiger partial charge in [-0.3, -0.25) is 14.5 Å². The van der Waals surface area contributed by atoms with Crippen molar-refractivity contribution in [2.45, 2.75) is 13.5 Å². The molecule has 0 amide bonds. The highest BCUT2D eigenvalue weighted by molar-refractivity contribution is 9.10. The van der Waals surface area contributed by atoms with E-state index in [1.54, 1.807) is 12.3 Å². The molecule has 4 rings (SSSR count). The molecule has 2 aromatic carbocycles. The van der Waals surface area contributed by atoms with Crippen LogP contribution in [0.5, 0.6) is 0 Å². The predicted octanol–water partition coefficient (Wildman–Crippen LogP) is 3.76. The summed E-state index contributed by atoms with van der Waals surface area (Å²) in [4.78, 5) is 12.7. The zero-order chi connectivity index (χ0) is 18.3. The van der Waals surface area contributed by atoms with Crippen molar-refractivity contribution in [3.05, 3.63) is 79.6 Å². The average Bonchev–Trinajstić information content (AvgIpc) is 2.98. The first-order chi connectivity index (χ1) is 12.5. The van der Waals surface area contributed by atoms with Gasteiger partial charge in [0.05, 0.1) is 17.3 Å². The van der Waals surface area contributed by atoms with Gasteiger partial charge in [0, 0.05) is 9.86 Å². The molecule has 0 spiro atoms. The summed E-state index contributed by atoms with van der Waals surface area (Å²) in [5.41, 5.74) is 1.83. The van der Waals surface area contributed by atoms with Crippen molar-refractivity contribution in [1.29, 1.82) is 0 Å². The van der Waals surface area contributed by atoms with Gasteiger partial charge in [0.2, 0.25) is 0 Å². The molecule has 0 unspecified atom stereocenters. The van der Waals surface area contributed by atoms with E-state index >= 15 is 0 Å². The molecule has 2 aromatic heterocycles. The van der Waals surface area contributed by atoms with Crippen LogP contribution in [0.15, 0.2) is 57.9 Å². The molecular formula is C18H14BrN5OS. The SMILES string of the molecule is Cc1ccc(-n2c(Cn3ncc4ccccc4c3=O)n[nH]c2=S)c(Br)c1. The first kappa shape index (κ1) is 16.9. The van der Waals surface area contributed by atoms with E-state index in [-0.39, 0.29) is 12.1 Å². The van der Waals surface area contributed by atoms with E-state index in [1.165, 1.54) is 4.68 Å². The number of aryl methyl sites for hydroxylation is 1. The third-order valence-corrected chi connectivity index (χ3v) is 5.05. The Kier molecular flexibility index (Phi) is 4.29. The Labute approximate surface area is 162 Å². The molecule has 0 aliphatic heterocycles. The Balaban J connectivity index is 1.83. The van der Waals surface area contributed by atoms with Crippen LogP contribution in [0.2, 0.25) is 0 Å². The van der Waals surface area contributed by atoms with Crippen molar-refractivity contribution in [3.63, 3.8) is 0 Å². The highest BCUT2D eigenvalue weighted by Gasteiger charge is 2.14. The van der Waals surface area contributed by atoms with Crippen molar-refractivity contribution >= 4 is 38.9 Å². The zero-order valence-electron chi connectivity index (χ0n) is 13.8. The highest BCUT2D eigenvalue weighted by Crippen LogP contribution is 2.23. The van der Waals surface area contributed by atoms with Crippen LogP contribution < -0.4 is 5.56 Å².